The Morgan fingerprint density at radius 1 is 1.26 bits per heavy atom. The van der Waals surface area contributed by atoms with E-state index >= 15 is 0 Å². The molecular formula is C19H20N2O2. The molecule has 118 valence electrons. The molecule has 0 spiro atoms. The van der Waals surface area contributed by atoms with E-state index in [1.807, 2.05) is 31.0 Å². The van der Waals surface area contributed by atoms with E-state index in [0.717, 1.165) is 22.6 Å². The summed E-state index contributed by atoms with van der Waals surface area (Å²) in [7, 11) is 3.57. The summed E-state index contributed by atoms with van der Waals surface area (Å²) in [6.07, 6.45) is 0. The van der Waals surface area contributed by atoms with Crippen molar-refractivity contribution in [1.29, 1.82) is 5.26 Å². The molecule has 2 rings (SSSR count). The van der Waals surface area contributed by atoms with E-state index in [-0.39, 0.29) is 5.78 Å². The lowest BCUT2D eigenvalue weighted by Gasteiger charge is -2.21. The number of nitriles is 1. The van der Waals surface area contributed by atoms with Gasteiger partial charge < -0.3 is 9.64 Å². The van der Waals surface area contributed by atoms with Crippen molar-refractivity contribution in [2.45, 2.75) is 20.4 Å². The van der Waals surface area contributed by atoms with Crippen LogP contribution in [0, 0.1) is 18.3 Å². The summed E-state index contributed by atoms with van der Waals surface area (Å²) in [4.78, 5) is 13.6. The van der Waals surface area contributed by atoms with Gasteiger partial charge >= 0.3 is 0 Å². The van der Waals surface area contributed by atoms with Crippen molar-refractivity contribution in [1.82, 2.24) is 0 Å². The zero-order valence-corrected chi connectivity index (χ0v) is 13.9. The molecule has 0 heterocycles. The second kappa shape index (κ2) is 6.97. The van der Waals surface area contributed by atoms with E-state index in [1.165, 1.54) is 6.92 Å². The molecule has 4 nitrogen and oxygen atoms in total. The Balaban J connectivity index is 2.31. The lowest BCUT2D eigenvalue weighted by Crippen LogP contribution is -2.18. The number of aryl methyl sites for hydroxylation is 1. The lowest BCUT2D eigenvalue weighted by molar-refractivity contribution is 0.101. The van der Waals surface area contributed by atoms with Crippen LogP contribution in [-0.2, 0) is 6.54 Å². The van der Waals surface area contributed by atoms with Gasteiger partial charge in [-0.25, -0.2) is 0 Å². The van der Waals surface area contributed by atoms with Gasteiger partial charge in [-0.2, -0.15) is 5.26 Å². The quantitative estimate of drug-likeness (QED) is 0.790. The first-order valence-corrected chi connectivity index (χ1v) is 7.36. The molecule has 0 aliphatic rings. The van der Waals surface area contributed by atoms with E-state index in [2.05, 4.69) is 12.1 Å². The maximum Gasteiger partial charge on any atom is 0.159 e. The van der Waals surface area contributed by atoms with E-state index in [1.54, 1.807) is 25.3 Å². The van der Waals surface area contributed by atoms with Crippen LogP contribution in [0.2, 0.25) is 0 Å². The average molecular weight is 308 g/mol. The number of carbonyl (C=O) groups excluding carboxylic acids is 1. The Morgan fingerprint density at radius 3 is 2.57 bits per heavy atom. The van der Waals surface area contributed by atoms with Gasteiger partial charge in [0.2, 0.25) is 0 Å². The molecule has 0 aliphatic carbocycles. The Hall–Kier alpha value is -2.80. The molecule has 0 aromatic heterocycles. The molecule has 0 amide bonds. The molecule has 2 aromatic rings. The Bertz CT molecular complexity index is 775. The number of hydrogen-bond acceptors (Lipinski definition) is 4. The lowest BCUT2D eigenvalue weighted by atomic mass is 10.1. The zero-order chi connectivity index (χ0) is 17.0. The van der Waals surface area contributed by atoms with Crippen molar-refractivity contribution in [2.75, 3.05) is 19.1 Å². The molecule has 0 N–H and O–H groups in total. The van der Waals surface area contributed by atoms with Crippen LogP contribution in [0.15, 0.2) is 36.4 Å². The largest absolute Gasteiger partial charge is 0.496 e. The van der Waals surface area contributed by atoms with Gasteiger partial charge in [-0.1, -0.05) is 12.1 Å². The minimum Gasteiger partial charge on any atom is -0.496 e. The van der Waals surface area contributed by atoms with Crippen LogP contribution in [0.5, 0.6) is 5.75 Å². The number of rotatable bonds is 5. The molecule has 0 unspecified atom stereocenters. The fourth-order valence-electron chi connectivity index (χ4n) is 2.56. The van der Waals surface area contributed by atoms with E-state index in [4.69, 9.17) is 4.74 Å². The first-order valence-electron chi connectivity index (χ1n) is 7.36. The summed E-state index contributed by atoms with van der Waals surface area (Å²) < 4.78 is 5.27. The van der Waals surface area contributed by atoms with Crippen molar-refractivity contribution in [3.05, 3.63) is 58.7 Å². The highest BCUT2D eigenvalue weighted by Gasteiger charge is 2.11. The monoisotopic (exact) mass is 308 g/mol. The third-order valence-electron chi connectivity index (χ3n) is 3.81. The fraction of sp³-hybridized carbons (Fsp3) is 0.263. The third-order valence-corrected chi connectivity index (χ3v) is 3.81. The number of ketones is 1. The van der Waals surface area contributed by atoms with Gasteiger partial charge in [-0.05, 0) is 49.2 Å². The van der Waals surface area contributed by atoms with Crippen molar-refractivity contribution < 1.29 is 9.53 Å². The van der Waals surface area contributed by atoms with Crippen LogP contribution in [-0.4, -0.2) is 19.9 Å². The van der Waals surface area contributed by atoms with Crippen LogP contribution in [0.3, 0.4) is 0 Å². The first kappa shape index (κ1) is 16.6. The van der Waals surface area contributed by atoms with Gasteiger partial charge in [0.1, 0.15) is 11.8 Å². The molecule has 4 heteroatoms. The maximum absolute atomic E-state index is 11.6. The number of nitrogens with zero attached hydrogens (tertiary/aromatic N) is 2. The summed E-state index contributed by atoms with van der Waals surface area (Å²) in [5, 5.41) is 9.30. The molecule has 0 atom stereocenters. The average Bonchev–Trinajstić information content (AvgIpc) is 2.54. The second-order valence-electron chi connectivity index (χ2n) is 5.56. The number of methoxy groups -OCH3 is 1. The maximum atomic E-state index is 11.6. The summed E-state index contributed by atoms with van der Waals surface area (Å²) in [6, 6.07) is 13.4. The van der Waals surface area contributed by atoms with Crippen molar-refractivity contribution in [3.8, 4) is 11.8 Å². The molecule has 0 radical (unpaired) electrons. The Kier molecular flexibility index (Phi) is 5.02. The Morgan fingerprint density at radius 2 is 2.00 bits per heavy atom. The van der Waals surface area contributed by atoms with Gasteiger partial charge in [-0.3, -0.25) is 4.79 Å². The smallest absolute Gasteiger partial charge is 0.159 e. The molecule has 0 fully saturated rings. The van der Waals surface area contributed by atoms with Crippen molar-refractivity contribution >= 4 is 11.5 Å². The highest BCUT2D eigenvalue weighted by atomic mass is 16.5. The van der Waals surface area contributed by atoms with Crippen molar-refractivity contribution in [2.24, 2.45) is 0 Å². The van der Waals surface area contributed by atoms with Gasteiger partial charge in [-0.15, -0.1) is 0 Å². The standard InChI is InChI=1S/C19H20N2O2/c1-13-9-15(5-8-19(13)23-4)12-21(3)18-10-16(14(2)22)6-7-17(18)11-20/h5-10H,12H2,1-4H3. The number of anilines is 1. The molecular weight excluding hydrogens is 288 g/mol. The molecule has 0 bridgehead atoms. The molecule has 23 heavy (non-hydrogen) atoms. The number of hydrogen-bond donors (Lipinski definition) is 0. The van der Waals surface area contributed by atoms with E-state index in [0.29, 0.717) is 17.7 Å². The number of carbonyl (C=O) groups is 1. The van der Waals surface area contributed by atoms with Crippen molar-refractivity contribution in [3.63, 3.8) is 0 Å². The normalized spacial score (nSPS) is 10.0. The fourth-order valence-corrected chi connectivity index (χ4v) is 2.56. The summed E-state index contributed by atoms with van der Waals surface area (Å²) in [6.45, 7) is 4.16. The van der Waals surface area contributed by atoms with Gasteiger partial charge in [0.15, 0.2) is 5.78 Å². The predicted octanol–water partition coefficient (Wildman–Crippen LogP) is 3.71. The summed E-state index contributed by atoms with van der Waals surface area (Å²) >= 11 is 0. The topological polar surface area (TPSA) is 53.3 Å². The molecule has 2 aromatic carbocycles. The molecule has 0 saturated heterocycles. The summed E-state index contributed by atoms with van der Waals surface area (Å²) in [5.41, 5.74) is 4.10. The highest BCUT2D eigenvalue weighted by Crippen LogP contribution is 2.24. The van der Waals surface area contributed by atoms with Crippen LogP contribution in [0.25, 0.3) is 0 Å². The minimum absolute atomic E-state index is 0.00979. The Labute approximate surface area is 136 Å². The first-order chi connectivity index (χ1) is 11.0. The zero-order valence-electron chi connectivity index (χ0n) is 13.9. The van der Waals surface area contributed by atoms with Crippen LogP contribution in [0.4, 0.5) is 5.69 Å². The van der Waals surface area contributed by atoms with Crippen LogP contribution >= 0.6 is 0 Å². The number of ether oxygens (including phenoxy) is 1. The minimum atomic E-state index is -0.00979. The number of benzene rings is 2. The van der Waals surface area contributed by atoms with Crippen LogP contribution < -0.4 is 9.64 Å². The van der Waals surface area contributed by atoms with E-state index in [9.17, 15) is 10.1 Å². The van der Waals surface area contributed by atoms with E-state index < -0.39 is 0 Å². The second-order valence-corrected chi connectivity index (χ2v) is 5.56. The molecule has 0 aliphatic heterocycles. The predicted molar refractivity (Wildman–Crippen MR) is 91.0 cm³/mol. The number of Topliss-reactive ketones (excluding diaryl/α,β-unsaturated/α-hetero) is 1. The summed E-state index contributed by atoms with van der Waals surface area (Å²) in [5.74, 6) is 0.845. The van der Waals surface area contributed by atoms with Gasteiger partial charge in [0, 0.05) is 19.2 Å². The van der Waals surface area contributed by atoms with Gasteiger partial charge in [0.05, 0.1) is 18.4 Å². The van der Waals surface area contributed by atoms with Gasteiger partial charge in [0.25, 0.3) is 0 Å². The highest BCUT2D eigenvalue weighted by molar-refractivity contribution is 5.95. The van der Waals surface area contributed by atoms with Crippen LogP contribution in [0.1, 0.15) is 34.0 Å². The molecule has 0 saturated carbocycles. The SMILES string of the molecule is COc1ccc(CN(C)c2cc(C(C)=O)ccc2C#N)cc1C. The third kappa shape index (κ3) is 3.70.